The SMILES string of the molecule is C=C1c2cc(F)ccc2OC12CCN(C(=O)OCC)CC2. The fourth-order valence-corrected chi connectivity index (χ4v) is 3.01. The van der Waals surface area contributed by atoms with E-state index in [4.69, 9.17) is 9.47 Å². The zero-order chi connectivity index (χ0) is 15.0. The predicted octanol–water partition coefficient (Wildman–Crippen LogP) is 3.22. The van der Waals surface area contributed by atoms with Crippen LogP contribution < -0.4 is 4.74 Å². The van der Waals surface area contributed by atoms with Crippen LogP contribution in [0, 0.1) is 5.82 Å². The van der Waals surface area contributed by atoms with Crippen molar-refractivity contribution in [2.45, 2.75) is 25.4 Å². The Morgan fingerprint density at radius 1 is 1.48 bits per heavy atom. The molecule has 0 N–H and O–H groups in total. The van der Waals surface area contributed by atoms with E-state index in [1.54, 1.807) is 17.9 Å². The van der Waals surface area contributed by atoms with Gasteiger partial charge in [0.2, 0.25) is 0 Å². The van der Waals surface area contributed by atoms with E-state index in [2.05, 4.69) is 6.58 Å². The Kier molecular flexibility index (Phi) is 3.35. The molecule has 0 atom stereocenters. The van der Waals surface area contributed by atoms with Crippen LogP contribution in [0.15, 0.2) is 24.8 Å². The van der Waals surface area contributed by atoms with Gasteiger partial charge in [-0.05, 0) is 30.7 Å². The van der Waals surface area contributed by atoms with Crippen molar-refractivity contribution in [1.82, 2.24) is 4.90 Å². The lowest BCUT2D eigenvalue weighted by Gasteiger charge is -2.38. The molecule has 0 aliphatic carbocycles. The number of rotatable bonds is 1. The summed E-state index contributed by atoms with van der Waals surface area (Å²) in [5.41, 5.74) is 1.03. The summed E-state index contributed by atoms with van der Waals surface area (Å²) in [5.74, 6) is 0.380. The number of carbonyl (C=O) groups is 1. The molecule has 5 heteroatoms. The molecule has 3 rings (SSSR count). The normalized spacial score (nSPS) is 19.3. The Bertz CT molecular complexity index is 591. The van der Waals surface area contributed by atoms with Crippen molar-refractivity contribution < 1.29 is 18.7 Å². The number of hydrogen-bond acceptors (Lipinski definition) is 3. The molecule has 1 spiro atoms. The van der Waals surface area contributed by atoms with E-state index < -0.39 is 5.60 Å². The molecule has 1 aromatic rings. The molecule has 0 radical (unpaired) electrons. The van der Waals surface area contributed by atoms with Gasteiger partial charge in [-0.2, -0.15) is 0 Å². The maximum absolute atomic E-state index is 13.4. The number of likely N-dealkylation sites (tertiary alicyclic amines) is 1. The van der Waals surface area contributed by atoms with E-state index in [9.17, 15) is 9.18 Å². The van der Waals surface area contributed by atoms with Gasteiger partial charge in [-0.15, -0.1) is 0 Å². The number of halogens is 1. The summed E-state index contributed by atoms with van der Waals surface area (Å²) in [6.45, 7) is 7.35. The van der Waals surface area contributed by atoms with Crippen molar-refractivity contribution >= 4 is 11.7 Å². The van der Waals surface area contributed by atoms with Gasteiger partial charge in [-0.1, -0.05) is 6.58 Å². The summed E-state index contributed by atoms with van der Waals surface area (Å²) in [6, 6.07) is 4.49. The molecule has 0 aromatic heterocycles. The van der Waals surface area contributed by atoms with Crippen molar-refractivity contribution in [2.24, 2.45) is 0 Å². The van der Waals surface area contributed by atoms with Crippen molar-refractivity contribution in [3.63, 3.8) is 0 Å². The molecule has 0 saturated carbocycles. The molecule has 1 saturated heterocycles. The number of hydrogen-bond donors (Lipinski definition) is 0. The summed E-state index contributed by atoms with van der Waals surface area (Å²) in [5, 5.41) is 0. The number of piperidine rings is 1. The third-order valence-corrected chi connectivity index (χ3v) is 4.22. The Labute approximate surface area is 123 Å². The molecule has 2 aliphatic heterocycles. The van der Waals surface area contributed by atoms with Crippen LogP contribution in [-0.2, 0) is 4.74 Å². The first kappa shape index (κ1) is 13.9. The number of nitrogens with zero attached hydrogens (tertiary/aromatic N) is 1. The lowest BCUT2D eigenvalue weighted by Crippen LogP contribution is -2.48. The fraction of sp³-hybridized carbons (Fsp3) is 0.438. The van der Waals surface area contributed by atoms with Crippen LogP contribution in [0.25, 0.3) is 5.57 Å². The standard InChI is InChI=1S/C16H18FNO3/c1-3-20-15(19)18-8-6-16(7-9-18)11(2)13-10-12(17)4-5-14(13)21-16/h4-5,10H,2-3,6-9H2,1H3. The average Bonchev–Trinajstić information content (AvgIpc) is 2.73. The Morgan fingerprint density at radius 3 is 2.86 bits per heavy atom. The molecule has 1 amide bonds. The Balaban J connectivity index is 1.75. The van der Waals surface area contributed by atoms with E-state index in [0.29, 0.717) is 38.3 Å². The van der Waals surface area contributed by atoms with E-state index in [1.807, 2.05) is 0 Å². The maximum atomic E-state index is 13.4. The van der Waals surface area contributed by atoms with Crippen molar-refractivity contribution in [3.8, 4) is 5.75 Å². The van der Waals surface area contributed by atoms with E-state index in [1.165, 1.54) is 12.1 Å². The van der Waals surface area contributed by atoms with Crippen molar-refractivity contribution in [3.05, 3.63) is 36.2 Å². The summed E-state index contributed by atoms with van der Waals surface area (Å²) in [6.07, 6.45) is 0.988. The molecule has 4 nitrogen and oxygen atoms in total. The number of ether oxygens (including phenoxy) is 2. The van der Waals surface area contributed by atoms with Gasteiger partial charge in [0, 0.05) is 31.5 Å². The second kappa shape index (κ2) is 5.06. The third kappa shape index (κ3) is 2.26. The second-order valence-electron chi connectivity index (χ2n) is 5.40. The van der Waals surface area contributed by atoms with Crippen LogP contribution in [0.2, 0.25) is 0 Å². The van der Waals surface area contributed by atoms with E-state index in [0.717, 1.165) is 11.1 Å². The summed E-state index contributed by atoms with van der Waals surface area (Å²) in [4.78, 5) is 13.4. The fourth-order valence-electron chi connectivity index (χ4n) is 3.01. The molecule has 1 fully saturated rings. The minimum Gasteiger partial charge on any atom is -0.482 e. The average molecular weight is 291 g/mol. The van der Waals surface area contributed by atoms with Gasteiger partial charge in [-0.3, -0.25) is 0 Å². The van der Waals surface area contributed by atoms with Crippen LogP contribution in [0.3, 0.4) is 0 Å². The molecule has 112 valence electrons. The molecular formula is C16H18FNO3. The molecule has 0 bridgehead atoms. The molecule has 1 aromatic carbocycles. The van der Waals surface area contributed by atoms with Gasteiger partial charge in [0.1, 0.15) is 17.2 Å². The van der Waals surface area contributed by atoms with Crippen molar-refractivity contribution in [2.75, 3.05) is 19.7 Å². The lowest BCUT2D eigenvalue weighted by molar-refractivity contribution is 0.0462. The quantitative estimate of drug-likeness (QED) is 0.797. The van der Waals surface area contributed by atoms with Crippen LogP contribution in [0.5, 0.6) is 5.75 Å². The predicted molar refractivity (Wildman–Crippen MR) is 76.6 cm³/mol. The number of benzene rings is 1. The molecule has 21 heavy (non-hydrogen) atoms. The lowest BCUT2D eigenvalue weighted by atomic mass is 9.83. The van der Waals surface area contributed by atoms with Gasteiger partial charge < -0.3 is 14.4 Å². The monoisotopic (exact) mass is 291 g/mol. The highest BCUT2D eigenvalue weighted by Gasteiger charge is 2.46. The first-order valence-corrected chi connectivity index (χ1v) is 7.16. The summed E-state index contributed by atoms with van der Waals surface area (Å²) < 4.78 is 24.4. The van der Waals surface area contributed by atoms with E-state index in [-0.39, 0.29) is 11.9 Å². The maximum Gasteiger partial charge on any atom is 0.409 e. The molecule has 2 heterocycles. The van der Waals surface area contributed by atoms with Gasteiger partial charge in [0.05, 0.1) is 6.61 Å². The highest BCUT2D eigenvalue weighted by molar-refractivity contribution is 5.79. The Morgan fingerprint density at radius 2 is 2.19 bits per heavy atom. The van der Waals surface area contributed by atoms with E-state index >= 15 is 0 Å². The Hall–Kier alpha value is -2.04. The highest BCUT2D eigenvalue weighted by atomic mass is 19.1. The second-order valence-corrected chi connectivity index (χ2v) is 5.40. The van der Waals surface area contributed by atoms with Gasteiger partial charge in [-0.25, -0.2) is 9.18 Å². The van der Waals surface area contributed by atoms with Gasteiger partial charge in [0.25, 0.3) is 0 Å². The van der Waals surface area contributed by atoms with Gasteiger partial charge in [0.15, 0.2) is 0 Å². The van der Waals surface area contributed by atoms with Crippen LogP contribution in [0.1, 0.15) is 25.3 Å². The number of carbonyl (C=O) groups excluding carboxylic acids is 1. The first-order valence-electron chi connectivity index (χ1n) is 7.16. The zero-order valence-corrected chi connectivity index (χ0v) is 12.0. The molecule has 0 unspecified atom stereocenters. The highest BCUT2D eigenvalue weighted by Crippen LogP contribution is 2.48. The minimum absolute atomic E-state index is 0.292. The third-order valence-electron chi connectivity index (χ3n) is 4.22. The van der Waals surface area contributed by atoms with Crippen LogP contribution >= 0.6 is 0 Å². The summed E-state index contributed by atoms with van der Waals surface area (Å²) >= 11 is 0. The smallest absolute Gasteiger partial charge is 0.409 e. The summed E-state index contributed by atoms with van der Waals surface area (Å²) in [7, 11) is 0. The molecule has 2 aliphatic rings. The largest absolute Gasteiger partial charge is 0.482 e. The van der Waals surface area contributed by atoms with Crippen LogP contribution in [-0.4, -0.2) is 36.3 Å². The van der Waals surface area contributed by atoms with Crippen molar-refractivity contribution in [1.29, 1.82) is 0 Å². The number of amides is 1. The van der Waals surface area contributed by atoms with Gasteiger partial charge >= 0.3 is 6.09 Å². The zero-order valence-electron chi connectivity index (χ0n) is 12.0. The molecular weight excluding hydrogens is 273 g/mol. The topological polar surface area (TPSA) is 38.8 Å². The number of fused-ring (bicyclic) bond motifs is 1. The minimum atomic E-state index is -0.515. The van der Waals surface area contributed by atoms with Crippen LogP contribution in [0.4, 0.5) is 9.18 Å². The first-order chi connectivity index (χ1) is 10.1.